The molecule has 2 aromatic rings. The number of piperidine rings is 1. The molecule has 1 aliphatic carbocycles. The third-order valence-electron chi connectivity index (χ3n) is 5.67. The number of aromatic nitrogens is 2. The summed E-state index contributed by atoms with van der Waals surface area (Å²) in [7, 11) is 0. The molecule has 0 bridgehead atoms. The van der Waals surface area contributed by atoms with Crippen LogP contribution in [-0.2, 0) is 11.3 Å². The Kier molecular flexibility index (Phi) is 4.93. The number of rotatable bonds is 5. The SMILES string of the molecule is CC1(O)CCN(Cc2cncnc2)C(c2ccccc2)C1NC(=O)C1CC1. The number of amides is 1. The number of nitrogens with zero attached hydrogens (tertiary/aromatic N) is 3. The summed E-state index contributed by atoms with van der Waals surface area (Å²) >= 11 is 0. The molecule has 4 rings (SSSR count). The third-order valence-corrected chi connectivity index (χ3v) is 5.67. The van der Waals surface area contributed by atoms with Crippen molar-refractivity contribution in [2.24, 2.45) is 5.92 Å². The van der Waals surface area contributed by atoms with Gasteiger partial charge in [-0.05, 0) is 31.7 Å². The van der Waals surface area contributed by atoms with Gasteiger partial charge in [0.1, 0.15) is 6.33 Å². The minimum absolute atomic E-state index is 0.0612. The first-order valence-corrected chi connectivity index (χ1v) is 9.60. The number of hydrogen-bond donors (Lipinski definition) is 2. The monoisotopic (exact) mass is 366 g/mol. The predicted molar refractivity (Wildman–Crippen MR) is 102 cm³/mol. The zero-order valence-electron chi connectivity index (χ0n) is 15.6. The summed E-state index contributed by atoms with van der Waals surface area (Å²) in [6, 6.07) is 9.64. The average Bonchev–Trinajstić information content (AvgIpc) is 3.51. The molecule has 27 heavy (non-hydrogen) atoms. The van der Waals surface area contributed by atoms with E-state index in [1.807, 2.05) is 37.5 Å². The van der Waals surface area contributed by atoms with Gasteiger partial charge in [0.15, 0.2) is 0 Å². The minimum Gasteiger partial charge on any atom is -0.388 e. The van der Waals surface area contributed by atoms with Gasteiger partial charge >= 0.3 is 0 Å². The second-order valence-corrected chi connectivity index (χ2v) is 7.94. The Balaban J connectivity index is 1.66. The summed E-state index contributed by atoms with van der Waals surface area (Å²) in [4.78, 5) is 23.1. The lowest BCUT2D eigenvalue weighted by atomic mass is 9.79. The Morgan fingerprint density at radius 3 is 2.63 bits per heavy atom. The molecular formula is C21H26N4O2. The molecule has 1 amide bonds. The van der Waals surface area contributed by atoms with E-state index in [-0.39, 0.29) is 23.9 Å². The average molecular weight is 366 g/mol. The van der Waals surface area contributed by atoms with Crippen LogP contribution < -0.4 is 5.32 Å². The van der Waals surface area contributed by atoms with Crippen molar-refractivity contribution in [2.75, 3.05) is 6.54 Å². The number of hydrogen-bond acceptors (Lipinski definition) is 5. The summed E-state index contributed by atoms with van der Waals surface area (Å²) in [5.41, 5.74) is 1.15. The van der Waals surface area contributed by atoms with Gasteiger partial charge in [-0.15, -0.1) is 0 Å². The van der Waals surface area contributed by atoms with Gasteiger partial charge in [0.2, 0.25) is 5.91 Å². The van der Waals surface area contributed by atoms with Crippen molar-refractivity contribution in [2.45, 2.75) is 50.4 Å². The van der Waals surface area contributed by atoms with E-state index in [1.165, 1.54) is 6.33 Å². The number of aliphatic hydroxyl groups is 1. The molecule has 0 radical (unpaired) electrons. The summed E-state index contributed by atoms with van der Waals surface area (Å²) in [6.45, 7) is 3.24. The standard InChI is InChI=1S/C21H26N4O2/c1-21(27)9-10-25(13-15-11-22-14-23-12-15)18(16-5-3-2-4-6-16)19(21)24-20(26)17-7-8-17/h2-6,11-12,14,17-19,27H,7-10,13H2,1H3,(H,24,26). The number of nitrogens with one attached hydrogen (secondary N) is 1. The first kappa shape index (κ1) is 18.1. The van der Waals surface area contributed by atoms with Gasteiger partial charge in [-0.2, -0.15) is 0 Å². The van der Waals surface area contributed by atoms with Crippen LogP contribution in [0.25, 0.3) is 0 Å². The van der Waals surface area contributed by atoms with Crippen LogP contribution in [0, 0.1) is 5.92 Å². The van der Waals surface area contributed by atoms with E-state index in [4.69, 9.17) is 0 Å². The van der Waals surface area contributed by atoms with Crippen LogP contribution >= 0.6 is 0 Å². The highest BCUT2D eigenvalue weighted by atomic mass is 16.3. The molecule has 6 heteroatoms. The molecule has 2 fully saturated rings. The van der Waals surface area contributed by atoms with Gasteiger partial charge in [0.05, 0.1) is 17.7 Å². The maximum atomic E-state index is 12.5. The minimum atomic E-state index is -0.964. The topological polar surface area (TPSA) is 78.3 Å². The molecule has 2 aliphatic rings. The highest BCUT2D eigenvalue weighted by Crippen LogP contribution is 2.39. The second-order valence-electron chi connectivity index (χ2n) is 7.94. The van der Waals surface area contributed by atoms with Gasteiger partial charge < -0.3 is 10.4 Å². The second kappa shape index (κ2) is 7.37. The summed E-state index contributed by atoms with van der Waals surface area (Å²) in [5, 5.41) is 14.3. The predicted octanol–water partition coefficient (Wildman–Crippen LogP) is 2.07. The lowest BCUT2D eigenvalue weighted by molar-refractivity contribution is -0.130. The molecule has 0 spiro atoms. The summed E-state index contributed by atoms with van der Waals surface area (Å²) in [6.07, 6.45) is 7.65. The molecular weight excluding hydrogens is 340 g/mol. The Hall–Kier alpha value is -2.31. The van der Waals surface area contributed by atoms with Gasteiger partial charge in [-0.1, -0.05) is 30.3 Å². The van der Waals surface area contributed by atoms with E-state index in [2.05, 4.69) is 32.3 Å². The number of benzene rings is 1. The molecule has 2 N–H and O–H groups in total. The number of carbonyl (C=O) groups excluding carboxylic acids is 1. The van der Waals surface area contributed by atoms with Crippen molar-refractivity contribution in [1.29, 1.82) is 0 Å². The molecule has 3 atom stereocenters. The fourth-order valence-corrected chi connectivity index (χ4v) is 3.94. The third kappa shape index (κ3) is 4.01. The van der Waals surface area contributed by atoms with Gasteiger partial charge in [-0.3, -0.25) is 9.69 Å². The molecule has 1 aromatic heterocycles. The van der Waals surface area contributed by atoms with Gasteiger partial charge in [0.25, 0.3) is 0 Å². The highest BCUT2D eigenvalue weighted by Gasteiger charge is 2.47. The Morgan fingerprint density at radius 1 is 1.26 bits per heavy atom. The highest BCUT2D eigenvalue weighted by molar-refractivity contribution is 5.81. The van der Waals surface area contributed by atoms with Crippen molar-refractivity contribution in [1.82, 2.24) is 20.2 Å². The Morgan fingerprint density at radius 2 is 1.96 bits per heavy atom. The van der Waals surface area contributed by atoms with E-state index in [1.54, 1.807) is 0 Å². The van der Waals surface area contributed by atoms with E-state index >= 15 is 0 Å². The zero-order valence-corrected chi connectivity index (χ0v) is 15.6. The maximum absolute atomic E-state index is 12.5. The molecule has 6 nitrogen and oxygen atoms in total. The van der Waals surface area contributed by atoms with Crippen LogP contribution in [0.5, 0.6) is 0 Å². The summed E-state index contributed by atoms with van der Waals surface area (Å²) in [5.74, 6) is 0.168. The van der Waals surface area contributed by atoms with E-state index in [0.717, 1.165) is 30.5 Å². The fraction of sp³-hybridized carbons (Fsp3) is 0.476. The molecule has 1 aliphatic heterocycles. The van der Waals surface area contributed by atoms with Crippen LogP contribution in [0.4, 0.5) is 0 Å². The first-order chi connectivity index (χ1) is 13.0. The van der Waals surface area contributed by atoms with Crippen LogP contribution in [-0.4, -0.2) is 44.1 Å². The van der Waals surface area contributed by atoms with Crippen LogP contribution in [0.1, 0.15) is 43.4 Å². The number of likely N-dealkylation sites (tertiary alicyclic amines) is 1. The zero-order chi connectivity index (χ0) is 18.9. The number of carbonyl (C=O) groups is 1. The normalized spacial score (nSPS) is 28.7. The van der Waals surface area contributed by atoms with Crippen LogP contribution in [0.2, 0.25) is 0 Å². The van der Waals surface area contributed by atoms with Crippen molar-refractivity contribution in [3.8, 4) is 0 Å². The van der Waals surface area contributed by atoms with Crippen molar-refractivity contribution in [3.05, 3.63) is 60.2 Å². The van der Waals surface area contributed by atoms with Crippen molar-refractivity contribution < 1.29 is 9.90 Å². The van der Waals surface area contributed by atoms with Crippen molar-refractivity contribution >= 4 is 5.91 Å². The maximum Gasteiger partial charge on any atom is 0.223 e. The van der Waals surface area contributed by atoms with E-state index in [0.29, 0.717) is 13.0 Å². The molecule has 2 heterocycles. The van der Waals surface area contributed by atoms with Crippen LogP contribution in [0.15, 0.2) is 49.1 Å². The van der Waals surface area contributed by atoms with E-state index in [9.17, 15) is 9.90 Å². The van der Waals surface area contributed by atoms with E-state index < -0.39 is 5.60 Å². The first-order valence-electron chi connectivity index (χ1n) is 9.60. The van der Waals surface area contributed by atoms with Gasteiger partial charge in [0, 0.05) is 37.0 Å². The lowest BCUT2D eigenvalue weighted by Gasteiger charge is -2.49. The molecule has 1 saturated carbocycles. The molecule has 1 saturated heterocycles. The van der Waals surface area contributed by atoms with Gasteiger partial charge in [-0.25, -0.2) is 9.97 Å². The Labute approximate surface area is 159 Å². The summed E-state index contributed by atoms with van der Waals surface area (Å²) < 4.78 is 0. The lowest BCUT2D eigenvalue weighted by Crippen LogP contribution is -2.62. The quantitative estimate of drug-likeness (QED) is 0.847. The smallest absolute Gasteiger partial charge is 0.223 e. The largest absolute Gasteiger partial charge is 0.388 e. The molecule has 1 aromatic carbocycles. The Bertz CT molecular complexity index is 777. The van der Waals surface area contributed by atoms with Crippen molar-refractivity contribution in [3.63, 3.8) is 0 Å². The molecule has 3 unspecified atom stereocenters. The molecule has 142 valence electrons. The fourth-order valence-electron chi connectivity index (χ4n) is 3.94. The van der Waals surface area contributed by atoms with Crippen LogP contribution in [0.3, 0.4) is 0 Å².